The molecule has 0 spiro atoms. The van der Waals surface area contributed by atoms with Gasteiger partial charge in [0.05, 0.1) is 5.92 Å². The quantitative estimate of drug-likeness (QED) is 0.762. The lowest BCUT2D eigenvalue weighted by Crippen LogP contribution is -2.27. The van der Waals surface area contributed by atoms with Crippen LogP contribution in [-0.2, 0) is 11.2 Å². The second-order valence-corrected chi connectivity index (χ2v) is 4.58. The highest BCUT2D eigenvalue weighted by molar-refractivity contribution is 5.02. The van der Waals surface area contributed by atoms with Crippen LogP contribution in [0, 0.1) is 0 Å². The molecule has 2 atom stereocenters. The Morgan fingerprint density at radius 1 is 1.47 bits per heavy atom. The van der Waals surface area contributed by atoms with Crippen molar-refractivity contribution in [1.29, 1.82) is 0 Å². The van der Waals surface area contributed by atoms with Gasteiger partial charge in [0.15, 0.2) is 5.82 Å². The Morgan fingerprint density at radius 3 is 3.12 bits per heavy atom. The molecule has 1 heterocycles. The zero-order valence-electron chi connectivity index (χ0n) is 10.6. The molecule has 96 valence electrons. The summed E-state index contributed by atoms with van der Waals surface area (Å²) in [5.41, 5.74) is 0. The normalized spacial score (nSPS) is 24.4. The number of likely N-dealkylation sites (N-methyl/N-ethyl adjacent to an activating group) is 1. The highest BCUT2D eigenvalue weighted by Gasteiger charge is 2.31. The highest BCUT2D eigenvalue weighted by Crippen LogP contribution is 2.33. The topological polar surface area (TPSA) is 60.2 Å². The summed E-state index contributed by atoms with van der Waals surface area (Å²) in [5.74, 6) is 2.00. The molecular formula is C12H21N3O2. The summed E-state index contributed by atoms with van der Waals surface area (Å²) in [6, 6.07) is 0.488. The Morgan fingerprint density at radius 2 is 2.35 bits per heavy atom. The minimum Gasteiger partial charge on any atom is -0.385 e. The van der Waals surface area contributed by atoms with Crippen molar-refractivity contribution in [2.45, 2.75) is 44.1 Å². The van der Waals surface area contributed by atoms with Crippen molar-refractivity contribution in [3.05, 3.63) is 11.7 Å². The number of rotatable bonds is 6. The van der Waals surface area contributed by atoms with E-state index in [-0.39, 0.29) is 0 Å². The monoisotopic (exact) mass is 239 g/mol. The van der Waals surface area contributed by atoms with Gasteiger partial charge in [-0.2, -0.15) is 4.98 Å². The molecule has 0 aliphatic heterocycles. The number of hydrogen-bond acceptors (Lipinski definition) is 5. The van der Waals surface area contributed by atoms with Gasteiger partial charge in [-0.1, -0.05) is 11.6 Å². The molecule has 1 aromatic heterocycles. The number of methoxy groups -OCH3 is 1. The van der Waals surface area contributed by atoms with Crippen molar-refractivity contribution in [2.75, 3.05) is 20.8 Å². The van der Waals surface area contributed by atoms with E-state index < -0.39 is 0 Å². The Hall–Kier alpha value is -0.940. The van der Waals surface area contributed by atoms with E-state index in [1.807, 2.05) is 7.05 Å². The van der Waals surface area contributed by atoms with Crippen LogP contribution in [0.1, 0.15) is 43.3 Å². The first kappa shape index (κ1) is 12.5. The van der Waals surface area contributed by atoms with Gasteiger partial charge in [-0.25, -0.2) is 0 Å². The molecule has 5 heteroatoms. The van der Waals surface area contributed by atoms with Crippen molar-refractivity contribution < 1.29 is 9.26 Å². The molecule has 0 saturated heterocycles. The molecule has 0 amide bonds. The molecule has 17 heavy (non-hydrogen) atoms. The van der Waals surface area contributed by atoms with Crippen molar-refractivity contribution >= 4 is 0 Å². The third kappa shape index (κ3) is 3.04. The smallest absolute Gasteiger partial charge is 0.231 e. The lowest BCUT2D eigenvalue weighted by molar-refractivity contribution is 0.194. The van der Waals surface area contributed by atoms with Crippen LogP contribution in [0.2, 0.25) is 0 Å². The van der Waals surface area contributed by atoms with E-state index >= 15 is 0 Å². The molecule has 1 aromatic rings. The van der Waals surface area contributed by atoms with Gasteiger partial charge in [0.2, 0.25) is 5.89 Å². The van der Waals surface area contributed by atoms with E-state index in [0.717, 1.165) is 37.6 Å². The minimum absolute atomic E-state index is 0.392. The molecule has 1 saturated carbocycles. The maximum absolute atomic E-state index is 5.37. The van der Waals surface area contributed by atoms with Crippen molar-refractivity contribution in [2.24, 2.45) is 0 Å². The van der Waals surface area contributed by atoms with Crippen LogP contribution in [-0.4, -0.2) is 36.9 Å². The Balaban J connectivity index is 1.93. The van der Waals surface area contributed by atoms with Gasteiger partial charge in [0.25, 0.3) is 0 Å². The molecule has 0 bridgehead atoms. The van der Waals surface area contributed by atoms with Gasteiger partial charge < -0.3 is 14.6 Å². The molecule has 0 aromatic carbocycles. The van der Waals surface area contributed by atoms with Crippen LogP contribution in [0.15, 0.2) is 4.52 Å². The third-order valence-electron chi connectivity index (χ3n) is 3.44. The van der Waals surface area contributed by atoms with Gasteiger partial charge in [0, 0.05) is 26.2 Å². The molecule has 0 radical (unpaired) electrons. The van der Waals surface area contributed by atoms with E-state index in [1.165, 1.54) is 12.8 Å². The summed E-state index contributed by atoms with van der Waals surface area (Å²) in [4.78, 5) is 4.49. The Kier molecular flexibility index (Phi) is 4.50. The molecule has 1 aliphatic carbocycles. The molecular weight excluding hydrogens is 218 g/mol. The first-order valence-electron chi connectivity index (χ1n) is 6.34. The van der Waals surface area contributed by atoms with Crippen LogP contribution in [0.4, 0.5) is 0 Å². The number of aromatic nitrogens is 2. The minimum atomic E-state index is 0.392. The molecule has 1 N–H and O–H groups in total. The number of aryl methyl sites for hydroxylation is 1. The first-order chi connectivity index (χ1) is 8.35. The second-order valence-electron chi connectivity index (χ2n) is 4.58. The van der Waals surface area contributed by atoms with Gasteiger partial charge in [-0.15, -0.1) is 0 Å². The number of nitrogens with zero attached hydrogens (tertiary/aromatic N) is 2. The van der Waals surface area contributed by atoms with Gasteiger partial charge in [-0.05, 0) is 26.3 Å². The first-order valence-corrected chi connectivity index (χ1v) is 6.34. The van der Waals surface area contributed by atoms with Crippen molar-refractivity contribution in [1.82, 2.24) is 15.5 Å². The Labute approximate surface area is 102 Å². The largest absolute Gasteiger partial charge is 0.385 e. The highest BCUT2D eigenvalue weighted by atomic mass is 16.5. The summed E-state index contributed by atoms with van der Waals surface area (Å²) in [5, 5.41) is 7.36. The van der Waals surface area contributed by atoms with Crippen molar-refractivity contribution in [3.8, 4) is 0 Å². The maximum atomic E-state index is 5.37. The number of ether oxygens (including phenoxy) is 1. The summed E-state index contributed by atoms with van der Waals surface area (Å²) in [7, 11) is 3.70. The number of nitrogens with one attached hydrogen (secondary N) is 1. The van der Waals surface area contributed by atoms with E-state index in [9.17, 15) is 0 Å². The summed E-state index contributed by atoms with van der Waals surface area (Å²) in [6.45, 7) is 0.743. The standard InChI is InChI=1S/C12H21N3O2/c1-13-10-6-3-5-9(10)12-14-11(15-17-12)7-4-8-16-2/h9-10,13H,3-8H2,1-2H3. The maximum Gasteiger partial charge on any atom is 0.231 e. The lowest BCUT2D eigenvalue weighted by atomic mass is 10.0. The second kappa shape index (κ2) is 6.12. The molecule has 1 fully saturated rings. The average molecular weight is 239 g/mol. The fraction of sp³-hybridized carbons (Fsp3) is 0.833. The van der Waals surface area contributed by atoms with E-state index in [2.05, 4.69) is 15.5 Å². The average Bonchev–Trinajstić information content (AvgIpc) is 2.96. The summed E-state index contributed by atoms with van der Waals surface area (Å²) >= 11 is 0. The zero-order valence-corrected chi connectivity index (χ0v) is 10.6. The fourth-order valence-electron chi connectivity index (χ4n) is 2.50. The third-order valence-corrected chi connectivity index (χ3v) is 3.44. The summed E-state index contributed by atoms with van der Waals surface area (Å²) < 4.78 is 10.4. The predicted molar refractivity (Wildman–Crippen MR) is 63.9 cm³/mol. The van der Waals surface area contributed by atoms with Crippen molar-refractivity contribution in [3.63, 3.8) is 0 Å². The molecule has 1 aliphatic rings. The van der Waals surface area contributed by atoms with Crippen LogP contribution >= 0.6 is 0 Å². The van der Waals surface area contributed by atoms with Gasteiger partial charge in [-0.3, -0.25) is 0 Å². The van der Waals surface area contributed by atoms with E-state index in [0.29, 0.717) is 12.0 Å². The molecule has 5 nitrogen and oxygen atoms in total. The summed E-state index contributed by atoms with van der Waals surface area (Å²) in [6.07, 6.45) is 5.34. The van der Waals surface area contributed by atoms with Crippen LogP contribution in [0.3, 0.4) is 0 Å². The predicted octanol–water partition coefficient (Wildman–Crippen LogP) is 1.50. The van der Waals surface area contributed by atoms with Crippen LogP contribution < -0.4 is 5.32 Å². The van der Waals surface area contributed by atoms with E-state index in [1.54, 1.807) is 7.11 Å². The Bertz CT molecular complexity index is 340. The van der Waals surface area contributed by atoms with Gasteiger partial charge in [0.1, 0.15) is 0 Å². The van der Waals surface area contributed by atoms with Crippen LogP contribution in [0.5, 0.6) is 0 Å². The fourth-order valence-corrected chi connectivity index (χ4v) is 2.50. The van der Waals surface area contributed by atoms with Gasteiger partial charge >= 0.3 is 0 Å². The zero-order chi connectivity index (χ0) is 12.1. The lowest BCUT2D eigenvalue weighted by Gasteiger charge is -2.14. The number of hydrogen-bond donors (Lipinski definition) is 1. The molecule has 2 rings (SSSR count). The van der Waals surface area contributed by atoms with Crippen LogP contribution in [0.25, 0.3) is 0 Å². The molecule has 2 unspecified atom stereocenters. The van der Waals surface area contributed by atoms with E-state index in [4.69, 9.17) is 9.26 Å². The SMILES string of the molecule is CNC1CCCC1c1nc(CCCOC)no1.